The van der Waals surface area contributed by atoms with Crippen LogP contribution in [0.25, 0.3) is 0 Å². The Kier molecular flexibility index (Phi) is 4.16. The van der Waals surface area contributed by atoms with Gasteiger partial charge < -0.3 is 0 Å². The van der Waals surface area contributed by atoms with Gasteiger partial charge in [0.15, 0.2) is 0 Å². The third-order valence-corrected chi connectivity index (χ3v) is 1.03. The van der Waals surface area contributed by atoms with Crippen LogP contribution < -0.4 is 0 Å². The van der Waals surface area contributed by atoms with Crippen molar-refractivity contribution in [3.63, 3.8) is 0 Å². The second kappa shape index (κ2) is 4.62. The number of alkyl halides is 2. The Labute approximate surface area is 74.4 Å². The quantitative estimate of drug-likeness (QED) is 0.632. The predicted molar refractivity (Wildman–Crippen MR) is 42.2 cm³/mol. The molecule has 0 aromatic carbocycles. The third kappa shape index (κ3) is 2.44. The molecule has 0 bridgehead atoms. The normalized spacial score (nSPS) is 8.83. The predicted octanol–water partition coefficient (Wildman–Crippen LogP) is 1.82. The molecule has 0 unspecified atom stereocenters. The first-order valence-electron chi connectivity index (χ1n) is 2.81. The molecule has 1 aromatic rings. The zero-order chi connectivity index (χ0) is 8.27. The maximum Gasteiger partial charge on any atom is 0.280 e. The Morgan fingerprint density at radius 1 is 1.50 bits per heavy atom. The molecule has 0 spiro atoms. The van der Waals surface area contributed by atoms with Crippen LogP contribution in [-0.4, -0.2) is 9.97 Å². The van der Waals surface area contributed by atoms with E-state index < -0.39 is 6.43 Å². The topological polar surface area (TPSA) is 25.8 Å². The van der Waals surface area contributed by atoms with Gasteiger partial charge in [-0.1, -0.05) is 0 Å². The number of rotatable bonds is 1. The number of nitrogens with zero attached hydrogens (tertiary/aromatic N) is 2. The molecule has 0 atom stereocenters. The molecule has 0 radical (unpaired) electrons. The zero-order valence-corrected chi connectivity index (χ0v) is 6.68. The van der Waals surface area contributed by atoms with Gasteiger partial charge in [0, 0.05) is 6.20 Å². The fourth-order valence-electron chi connectivity index (χ4n) is 0.564. The molecule has 1 heterocycles. The molecular weight excluding hydrogens is 186 g/mol. The lowest BCUT2D eigenvalue weighted by Gasteiger charge is -1.96. The summed E-state index contributed by atoms with van der Waals surface area (Å²) in [5, 5.41) is 0. The van der Waals surface area contributed by atoms with Crippen molar-refractivity contribution in [2.75, 3.05) is 0 Å². The first-order valence-corrected chi connectivity index (χ1v) is 2.81. The summed E-state index contributed by atoms with van der Waals surface area (Å²) in [7, 11) is 0. The van der Waals surface area contributed by atoms with Gasteiger partial charge in [0.05, 0.1) is 0 Å². The summed E-state index contributed by atoms with van der Waals surface area (Å²) in [6.45, 7) is 0. The lowest BCUT2D eigenvalue weighted by atomic mass is 10.4. The fourth-order valence-corrected chi connectivity index (χ4v) is 0.564. The summed E-state index contributed by atoms with van der Waals surface area (Å²) in [5.41, 5.74) is -0.340. The van der Waals surface area contributed by atoms with E-state index in [1.165, 1.54) is 6.20 Å². The number of aromatic nitrogens is 2. The van der Waals surface area contributed by atoms with Crippen LogP contribution in [0.1, 0.15) is 17.9 Å². The van der Waals surface area contributed by atoms with Crippen molar-refractivity contribution in [1.29, 1.82) is 0 Å². The van der Waals surface area contributed by atoms with Crippen molar-refractivity contribution in [1.82, 2.24) is 9.97 Å². The van der Waals surface area contributed by atoms with Crippen molar-refractivity contribution >= 4 is 12.4 Å². The Morgan fingerprint density at radius 3 is 2.67 bits per heavy atom. The molecule has 2 nitrogen and oxygen atoms in total. The largest absolute Gasteiger partial charge is 0.280 e. The molecule has 0 N–H and O–H groups in total. The van der Waals surface area contributed by atoms with Crippen LogP contribution in [0.2, 0.25) is 0 Å². The van der Waals surface area contributed by atoms with Crippen LogP contribution in [-0.2, 0) is 0 Å². The standard InChI is InChI=1S/C7H4F2N2.ClH/c1-2-6-10-4-3-5(11-6)7(8)9;/h1,3-4,7H;1H. The Bertz CT molecular complexity index is 296. The molecule has 0 saturated heterocycles. The second-order valence-corrected chi connectivity index (χ2v) is 1.75. The van der Waals surface area contributed by atoms with Crippen LogP contribution in [0.4, 0.5) is 8.78 Å². The molecule has 0 saturated carbocycles. The van der Waals surface area contributed by atoms with Gasteiger partial charge in [-0.25, -0.2) is 18.7 Å². The fraction of sp³-hybridized carbons (Fsp3) is 0.143. The first kappa shape index (κ1) is 10.8. The SMILES string of the molecule is C#Cc1nccc(C(F)F)n1.Cl. The van der Waals surface area contributed by atoms with Crippen molar-refractivity contribution in [2.45, 2.75) is 6.43 Å². The van der Waals surface area contributed by atoms with Crippen LogP contribution in [0.5, 0.6) is 0 Å². The first-order chi connectivity index (χ1) is 5.24. The molecule has 0 fully saturated rings. The molecule has 1 rings (SSSR count). The maximum absolute atomic E-state index is 11.9. The van der Waals surface area contributed by atoms with Gasteiger partial charge in [0.25, 0.3) is 6.43 Å². The van der Waals surface area contributed by atoms with Crippen LogP contribution in [0.15, 0.2) is 12.3 Å². The molecule has 0 amide bonds. The minimum atomic E-state index is -2.59. The third-order valence-electron chi connectivity index (χ3n) is 1.03. The highest BCUT2D eigenvalue weighted by Crippen LogP contribution is 2.14. The van der Waals surface area contributed by atoms with Gasteiger partial charge in [0.1, 0.15) is 5.69 Å². The average molecular weight is 191 g/mol. The summed E-state index contributed by atoms with van der Waals surface area (Å²) in [6.07, 6.45) is 3.52. The van der Waals surface area contributed by atoms with E-state index in [9.17, 15) is 8.78 Å². The van der Waals surface area contributed by atoms with Gasteiger partial charge in [-0.3, -0.25) is 0 Å². The molecule has 0 aliphatic carbocycles. The Morgan fingerprint density at radius 2 is 2.17 bits per heavy atom. The minimum absolute atomic E-state index is 0. The van der Waals surface area contributed by atoms with Crippen molar-refractivity contribution < 1.29 is 8.78 Å². The molecule has 1 aromatic heterocycles. The van der Waals surface area contributed by atoms with Crippen LogP contribution in [0.3, 0.4) is 0 Å². The maximum atomic E-state index is 11.9. The Hall–Kier alpha value is -1.21. The average Bonchev–Trinajstić information content (AvgIpc) is 2.05. The summed E-state index contributed by atoms with van der Waals surface area (Å²) in [6, 6.07) is 1.13. The van der Waals surface area contributed by atoms with Gasteiger partial charge in [-0.15, -0.1) is 18.8 Å². The molecule has 0 aliphatic rings. The van der Waals surface area contributed by atoms with Crippen molar-refractivity contribution in [3.8, 4) is 12.3 Å². The highest BCUT2D eigenvalue weighted by Gasteiger charge is 2.08. The summed E-state index contributed by atoms with van der Waals surface area (Å²) < 4.78 is 23.8. The monoisotopic (exact) mass is 190 g/mol. The van der Waals surface area contributed by atoms with E-state index in [-0.39, 0.29) is 23.9 Å². The number of hydrogen-bond acceptors (Lipinski definition) is 2. The smallest absolute Gasteiger partial charge is 0.229 e. The van der Waals surface area contributed by atoms with Gasteiger partial charge in [-0.2, -0.15) is 0 Å². The van der Waals surface area contributed by atoms with Gasteiger partial charge in [-0.05, 0) is 12.0 Å². The van der Waals surface area contributed by atoms with E-state index in [2.05, 4.69) is 15.9 Å². The molecule has 5 heteroatoms. The van der Waals surface area contributed by atoms with Crippen molar-refractivity contribution in [2.24, 2.45) is 0 Å². The van der Waals surface area contributed by atoms with Crippen LogP contribution in [0, 0.1) is 12.3 Å². The van der Waals surface area contributed by atoms with Gasteiger partial charge in [0.2, 0.25) is 5.82 Å². The van der Waals surface area contributed by atoms with Crippen LogP contribution >= 0.6 is 12.4 Å². The lowest BCUT2D eigenvalue weighted by Crippen LogP contribution is -1.94. The van der Waals surface area contributed by atoms with Gasteiger partial charge >= 0.3 is 0 Å². The molecule has 12 heavy (non-hydrogen) atoms. The van der Waals surface area contributed by atoms with E-state index in [4.69, 9.17) is 6.42 Å². The number of halogens is 3. The van der Waals surface area contributed by atoms with E-state index in [1.54, 1.807) is 0 Å². The van der Waals surface area contributed by atoms with E-state index in [1.807, 2.05) is 0 Å². The minimum Gasteiger partial charge on any atom is -0.229 e. The number of terminal acetylenes is 1. The Balaban J connectivity index is 0.00000121. The molecule has 0 aliphatic heterocycles. The second-order valence-electron chi connectivity index (χ2n) is 1.75. The summed E-state index contributed by atoms with van der Waals surface area (Å²) in [4.78, 5) is 6.95. The van der Waals surface area contributed by atoms with E-state index >= 15 is 0 Å². The summed E-state index contributed by atoms with van der Waals surface area (Å²) >= 11 is 0. The van der Waals surface area contributed by atoms with E-state index in [0.717, 1.165) is 6.07 Å². The molecular formula is C7H5ClF2N2. The molecule has 64 valence electrons. The zero-order valence-electron chi connectivity index (χ0n) is 5.87. The highest BCUT2D eigenvalue weighted by atomic mass is 35.5. The van der Waals surface area contributed by atoms with Crippen molar-refractivity contribution in [3.05, 3.63) is 23.8 Å². The van der Waals surface area contributed by atoms with E-state index in [0.29, 0.717) is 0 Å². The summed E-state index contributed by atoms with van der Waals surface area (Å²) in [5.74, 6) is 2.06. The number of hydrogen-bond donors (Lipinski definition) is 0. The highest BCUT2D eigenvalue weighted by molar-refractivity contribution is 5.85. The lowest BCUT2D eigenvalue weighted by molar-refractivity contribution is 0.146.